The van der Waals surface area contributed by atoms with Crippen LogP contribution in [0.2, 0.25) is 0 Å². The van der Waals surface area contributed by atoms with E-state index in [4.69, 9.17) is 0 Å². The van der Waals surface area contributed by atoms with Gasteiger partial charge in [-0.25, -0.2) is 0 Å². The fraction of sp³-hybridized carbons (Fsp3) is 0.500. The van der Waals surface area contributed by atoms with E-state index >= 15 is 0 Å². The van der Waals surface area contributed by atoms with Crippen molar-refractivity contribution in [2.75, 3.05) is 31.1 Å². The molecule has 1 N–H and O–H groups in total. The predicted molar refractivity (Wildman–Crippen MR) is 75.6 cm³/mol. The summed E-state index contributed by atoms with van der Waals surface area (Å²) >= 11 is 0. The van der Waals surface area contributed by atoms with Gasteiger partial charge in [0.2, 0.25) is 0 Å². The van der Waals surface area contributed by atoms with Crippen molar-refractivity contribution in [2.45, 2.75) is 13.0 Å². The summed E-state index contributed by atoms with van der Waals surface area (Å²) in [5.74, 6) is 1.29. The summed E-state index contributed by atoms with van der Waals surface area (Å²) in [5, 5.41) is 3.33. The zero-order valence-electron chi connectivity index (χ0n) is 10.9. The van der Waals surface area contributed by atoms with E-state index in [0.29, 0.717) is 24.6 Å². The van der Waals surface area contributed by atoms with Crippen molar-refractivity contribution in [2.24, 2.45) is 0 Å². The van der Waals surface area contributed by atoms with Crippen molar-refractivity contribution in [3.8, 4) is 0 Å². The minimum absolute atomic E-state index is 0.0741. The molecule has 1 aromatic carbocycles. The second-order valence-electron chi connectivity index (χ2n) is 5.05. The van der Waals surface area contributed by atoms with Crippen molar-refractivity contribution in [3.05, 3.63) is 34.9 Å². The molecule has 1 aromatic rings. The highest BCUT2D eigenvalue weighted by Crippen LogP contribution is 2.17. The van der Waals surface area contributed by atoms with Crippen LogP contribution in [0.4, 0.5) is 0 Å². The first-order valence-electron chi connectivity index (χ1n) is 6.71. The van der Waals surface area contributed by atoms with Crippen LogP contribution in [0.25, 0.3) is 0 Å². The van der Waals surface area contributed by atoms with E-state index in [-0.39, 0.29) is 5.91 Å². The molecule has 3 rings (SSSR count). The first-order chi connectivity index (χ1) is 9.24. The molecule has 0 atom stereocenters. The van der Waals surface area contributed by atoms with Gasteiger partial charge in [-0.3, -0.25) is 9.00 Å². The lowest BCUT2D eigenvalue weighted by Crippen LogP contribution is -2.41. The Labute approximate surface area is 115 Å². The number of benzene rings is 1. The third kappa shape index (κ3) is 2.72. The monoisotopic (exact) mass is 278 g/mol. The molecule has 102 valence electrons. The Morgan fingerprint density at radius 2 is 2.00 bits per heavy atom. The third-order valence-electron chi connectivity index (χ3n) is 3.80. The van der Waals surface area contributed by atoms with E-state index in [1.807, 2.05) is 17.0 Å². The molecule has 1 amide bonds. The maximum Gasteiger partial charge on any atom is 0.253 e. The van der Waals surface area contributed by atoms with Crippen molar-refractivity contribution in [1.82, 2.24) is 10.2 Å². The average Bonchev–Trinajstić information content (AvgIpc) is 2.47. The van der Waals surface area contributed by atoms with E-state index in [2.05, 4.69) is 11.4 Å². The molecule has 2 heterocycles. The van der Waals surface area contributed by atoms with Gasteiger partial charge in [0.05, 0.1) is 0 Å². The van der Waals surface area contributed by atoms with Crippen molar-refractivity contribution in [1.29, 1.82) is 0 Å². The van der Waals surface area contributed by atoms with Gasteiger partial charge in [0.25, 0.3) is 5.91 Å². The van der Waals surface area contributed by atoms with Gasteiger partial charge in [0.15, 0.2) is 0 Å². The largest absolute Gasteiger partial charge is 0.337 e. The molecule has 0 unspecified atom stereocenters. The first-order valence-corrected chi connectivity index (χ1v) is 8.19. The second-order valence-corrected chi connectivity index (χ2v) is 6.75. The van der Waals surface area contributed by atoms with Crippen LogP contribution in [-0.4, -0.2) is 46.2 Å². The smallest absolute Gasteiger partial charge is 0.253 e. The second kappa shape index (κ2) is 5.43. The van der Waals surface area contributed by atoms with Crippen LogP contribution in [0.15, 0.2) is 18.2 Å². The summed E-state index contributed by atoms with van der Waals surface area (Å²) in [7, 11) is -0.740. The Morgan fingerprint density at radius 1 is 1.21 bits per heavy atom. The van der Waals surface area contributed by atoms with Crippen molar-refractivity contribution < 1.29 is 9.00 Å². The van der Waals surface area contributed by atoms with Gasteiger partial charge in [-0.05, 0) is 36.2 Å². The van der Waals surface area contributed by atoms with Gasteiger partial charge in [0, 0.05) is 47.5 Å². The topological polar surface area (TPSA) is 49.4 Å². The van der Waals surface area contributed by atoms with Gasteiger partial charge < -0.3 is 10.2 Å². The molecule has 0 spiro atoms. The van der Waals surface area contributed by atoms with Crippen LogP contribution >= 0.6 is 0 Å². The fourth-order valence-corrected chi connectivity index (χ4v) is 3.69. The Morgan fingerprint density at radius 3 is 2.79 bits per heavy atom. The molecule has 0 saturated carbocycles. The lowest BCUT2D eigenvalue weighted by molar-refractivity contribution is 0.0771. The van der Waals surface area contributed by atoms with Gasteiger partial charge >= 0.3 is 0 Å². The summed E-state index contributed by atoms with van der Waals surface area (Å²) in [6, 6.07) is 6.01. The summed E-state index contributed by atoms with van der Waals surface area (Å²) in [6.07, 6.45) is 1.03. The average molecular weight is 278 g/mol. The molecule has 19 heavy (non-hydrogen) atoms. The minimum Gasteiger partial charge on any atom is -0.337 e. The first kappa shape index (κ1) is 12.8. The van der Waals surface area contributed by atoms with Gasteiger partial charge in [-0.15, -0.1) is 0 Å². The number of hydrogen-bond acceptors (Lipinski definition) is 3. The van der Waals surface area contributed by atoms with Crippen LogP contribution in [0, 0.1) is 0 Å². The van der Waals surface area contributed by atoms with E-state index in [0.717, 1.165) is 25.1 Å². The highest BCUT2D eigenvalue weighted by molar-refractivity contribution is 7.85. The number of carbonyl (C=O) groups is 1. The molecule has 5 heteroatoms. The van der Waals surface area contributed by atoms with Gasteiger partial charge in [-0.1, -0.05) is 6.07 Å². The molecule has 1 fully saturated rings. The minimum atomic E-state index is -0.740. The molecular weight excluding hydrogens is 260 g/mol. The molecule has 2 aliphatic rings. The molecule has 0 radical (unpaired) electrons. The fourth-order valence-electron chi connectivity index (χ4n) is 2.64. The number of hydrogen-bond donors (Lipinski definition) is 1. The van der Waals surface area contributed by atoms with Crippen LogP contribution in [0.5, 0.6) is 0 Å². The number of fused-ring (bicyclic) bond motifs is 1. The highest BCUT2D eigenvalue weighted by atomic mass is 32.2. The quantitative estimate of drug-likeness (QED) is 0.815. The maximum absolute atomic E-state index is 12.4. The molecule has 2 aliphatic heterocycles. The van der Waals surface area contributed by atoms with Gasteiger partial charge in [0.1, 0.15) is 0 Å². The standard InChI is InChI=1S/C14H18N2O2S/c17-14(16-5-7-19(18)8-6-16)12-2-1-11-3-4-15-10-13(11)9-12/h1-2,9,15H,3-8,10H2. The zero-order valence-corrected chi connectivity index (χ0v) is 11.7. The molecule has 1 saturated heterocycles. The summed E-state index contributed by atoms with van der Waals surface area (Å²) < 4.78 is 11.3. The van der Waals surface area contributed by atoms with Crippen LogP contribution < -0.4 is 5.32 Å². The highest BCUT2D eigenvalue weighted by Gasteiger charge is 2.22. The summed E-state index contributed by atoms with van der Waals surface area (Å²) in [5.41, 5.74) is 3.34. The summed E-state index contributed by atoms with van der Waals surface area (Å²) in [6.45, 7) is 3.08. The molecule has 4 nitrogen and oxygen atoms in total. The Hall–Kier alpha value is -1.20. The summed E-state index contributed by atoms with van der Waals surface area (Å²) in [4.78, 5) is 14.2. The molecule has 0 aliphatic carbocycles. The Kier molecular flexibility index (Phi) is 3.66. The SMILES string of the molecule is O=C(c1ccc2c(c1)CNCC2)N1CCS(=O)CC1. The number of nitrogens with zero attached hydrogens (tertiary/aromatic N) is 1. The van der Waals surface area contributed by atoms with E-state index in [1.165, 1.54) is 11.1 Å². The lowest BCUT2D eigenvalue weighted by atomic mass is 9.98. The number of nitrogens with one attached hydrogen (secondary N) is 1. The zero-order chi connectivity index (χ0) is 13.2. The molecule has 0 aromatic heterocycles. The van der Waals surface area contributed by atoms with E-state index in [9.17, 15) is 9.00 Å². The number of carbonyl (C=O) groups excluding carboxylic acids is 1. The number of rotatable bonds is 1. The van der Waals surface area contributed by atoms with Crippen molar-refractivity contribution in [3.63, 3.8) is 0 Å². The normalized spacial score (nSPS) is 20.1. The Bertz CT molecular complexity index is 520. The van der Waals surface area contributed by atoms with E-state index in [1.54, 1.807) is 0 Å². The lowest BCUT2D eigenvalue weighted by Gasteiger charge is -2.27. The van der Waals surface area contributed by atoms with Crippen molar-refractivity contribution >= 4 is 16.7 Å². The maximum atomic E-state index is 12.4. The number of amides is 1. The predicted octanol–water partition coefficient (Wildman–Crippen LogP) is 0.537. The molecule has 0 bridgehead atoms. The third-order valence-corrected chi connectivity index (χ3v) is 5.08. The van der Waals surface area contributed by atoms with Crippen LogP contribution in [0.1, 0.15) is 21.5 Å². The van der Waals surface area contributed by atoms with Gasteiger partial charge in [-0.2, -0.15) is 0 Å². The van der Waals surface area contributed by atoms with Crippen LogP contribution in [-0.2, 0) is 23.8 Å². The van der Waals surface area contributed by atoms with Crippen LogP contribution in [0.3, 0.4) is 0 Å². The Balaban J connectivity index is 1.78. The molecular formula is C14H18N2O2S. The van der Waals surface area contributed by atoms with E-state index < -0.39 is 10.8 Å².